The van der Waals surface area contributed by atoms with Gasteiger partial charge in [-0.25, -0.2) is 19.3 Å². The normalized spacial score (nSPS) is 16.6. The molecule has 3 aromatic rings. The number of hydrogen-bond acceptors (Lipinski definition) is 8. The Morgan fingerprint density at radius 2 is 1.95 bits per heavy atom. The number of ether oxygens (including phenoxy) is 2. The predicted molar refractivity (Wildman–Crippen MR) is 128 cm³/mol. The molecule has 4 heterocycles. The number of anilines is 2. The summed E-state index contributed by atoms with van der Waals surface area (Å²) in [5.74, 6) is -1.25. The highest BCUT2D eigenvalue weighted by atomic mass is 19.4. The Morgan fingerprint density at radius 1 is 1.22 bits per heavy atom. The highest BCUT2D eigenvalue weighted by Crippen LogP contribution is 2.38. The summed E-state index contributed by atoms with van der Waals surface area (Å²) in [6.45, 7) is 8.05. The number of nitrogens with zero attached hydrogens (tertiary/aromatic N) is 5. The third-order valence-electron chi connectivity index (χ3n) is 5.88. The standard InChI is InChI=1S/C24H27F3N6O4/c1-13-12-37-7-6-32(13)20-17-8-14(21(34)36-5)11-33(17)31-19(30-20)15-10-28-18(9-16(15)24(25,26)27)29-22(35)23(2,3)4/h8-11,13H,6-7,12H2,1-5H3,(H,28,29,35)/t13-/m0/s1. The van der Waals surface area contributed by atoms with Gasteiger partial charge in [-0.15, -0.1) is 5.10 Å². The van der Waals surface area contributed by atoms with E-state index in [2.05, 4.69) is 20.4 Å². The van der Waals surface area contributed by atoms with Gasteiger partial charge in [-0.05, 0) is 19.1 Å². The summed E-state index contributed by atoms with van der Waals surface area (Å²) in [5, 5.41) is 6.70. The van der Waals surface area contributed by atoms with Crippen LogP contribution in [0.5, 0.6) is 0 Å². The molecule has 0 unspecified atom stereocenters. The first kappa shape index (κ1) is 26.3. The largest absolute Gasteiger partial charge is 0.465 e. The Labute approximate surface area is 210 Å². The van der Waals surface area contributed by atoms with Crippen molar-refractivity contribution < 1.29 is 32.2 Å². The topological polar surface area (TPSA) is 111 Å². The zero-order valence-corrected chi connectivity index (χ0v) is 21.0. The number of carbonyl (C=O) groups is 2. The summed E-state index contributed by atoms with van der Waals surface area (Å²) in [7, 11) is 1.23. The molecular weight excluding hydrogens is 493 g/mol. The molecule has 1 aliphatic heterocycles. The SMILES string of the molecule is COC(=O)c1cc2c(N3CCOC[C@@H]3C)nc(-c3cnc(NC(=O)C(C)(C)C)cc3C(F)(F)F)nn2c1. The lowest BCUT2D eigenvalue weighted by atomic mass is 9.96. The Morgan fingerprint density at radius 3 is 2.57 bits per heavy atom. The van der Waals surface area contributed by atoms with Crippen LogP contribution in [0.1, 0.15) is 43.6 Å². The van der Waals surface area contributed by atoms with E-state index in [0.29, 0.717) is 31.1 Å². The number of hydrogen-bond donors (Lipinski definition) is 1. The molecule has 0 saturated carbocycles. The van der Waals surface area contributed by atoms with Crippen molar-refractivity contribution >= 4 is 29.0 Å². The minimum atomic E-state index is -4.79. The lowest BCUT2D eigenvalue weighted by Gasteiger charge is -2.34. The highest BCUT2D eigenvalue weighted by Gasteiger charge is 2.36. The second-order valence-corrected chi connectivity index (χ2v) is 9.74. The molecule has 3 aromatic heterocycles. The molecule has 1 aliphatic rings. The number of alkyl halides is 3. The molecule has 0 aliphatic carbocycles. The van der Waals surface area contributed by atoms with Gasteiger partial charge in [0.2, 0.25) is 5.91 Å². The van der Waals surface area contributed by atoms with Gasteiger partial charge in [0.1, 0.15) is 11.3 Å². The average molecular weight is 521 g/mol. The van der Waals surface area contributed by atoms with E-state index in [1.807, 2.05) is 11.8 Å². The maximum Gasteiger partial charge on any atom is 0.417 e. The van der Waals surface area contributed by atoms with Crippen molar-refractivity contribution in [3.8, 4) is 11.4 Å². The second-order valence-electron chi connectivity index (χ2n) is 9.74. The summed E-state index contributed by atoms with van der Waals surface area (Å²) in [4.78, 5) is 34.9. The van der Waals surface area contributed by atoms with Crippen molar-refractivity contribution in [3.63, 3.8) is 0 Å². The number of halogens is 3. The first-order valence-electron chi connectivity index (χ1n) is 11.5. The number of aromatic nitrogens is 4. The molecule has 37 heavy (non-hydrogen) atoms. The van der Waals surface area contributed by atoms with Gasteiger partial charge < -0.3 is 19.7 Å². The molecule has 0 aromatic carbocycles. The molecular formula is C24H27F3N6O4. The molecule has 1 amide bonds. The van der Waals surface area contributed by atoms with Crippen molar-refractivity contribution in [3.05, 3.63) is 35.7 Å². The summed E-state index contributed by atoms with van der Waals surface area (Å²) < 4.78 is 54.1. The van der Waals surface area contributed by atoms with Gasteiger partial charge in [-0.2, -0.15) is 13.2 Å². The minimum Gasteiger partial charge on any atom is -0.465 e. The molecule has 0 spiro atoms. The van der Waals surface area contributed by atoms with E-state index >= 15 is 0 Å². The van der Waals surface area contributed by atoms with E-state index in [1.165, 1.54) is 23.9 Å². The summed E-state index contributed by atoms with van der Waals surface area (Å²) in [6.07, 6.45) is -2.43. The van der Waals surface area contributed by atoms with Crippen molar-refractivity contribution in [2.75, 3.05) is 37.1 Å². The lowest BCUT2D eigenvalue weighted by molar-refractivity contribution is -0.137. The third kappa shape index (κ3) is 5.36. The number of rotatable bonds is 4. The average Bonchev–Trinajstić information content (AvgIpc) is 3.26. The Bertz CT molecular complexity index is 1350. The van der Waals surface area contributed by atoms with Gasteiger partial charge >= 0.3 is 12.1 Å². The third-order valence-corrected chi connectivity index (χ3v) is 5.88. The molecule has 1 fully saturated rings. The molecule has 10 nitrogen and oxygen atoms in total. The molecule has 1 N–H and O–H groups in total. The van der Waals surface area contributed by atoms with Gasteiger partial charge in [0.15, 0.2) is 11.6 Å². The van der Waals surface area contributed by atoms with Crippen LogP contribution in [0.3, 0.4) is 0 Å². The molecule has 1 atom stereocenters. The van der Waals surface area contributed by atoms with Crippen LogP contribution in [-0.4, -0.2) is 64.4 Å². The van der Waals surface area contributed by atoms with Crippen LogP contribution in [0.15, 0.2) is 24.5 Å². The van der Waals surface area contributed by atoms with Crippen LogP contribution in [-0.2, 0) is 20.4 Å². The van der Waals surface area contributed by atoms with Crippen molar-refractivity contribution in [2.24, 2.45) is 5.41 Å². The van der Waals surface area contributed by atoms with Crippen molar-refractivity contribution in [2.45, 2.75) is 39.9 Å². The van der Waals surface area contributed by atoms with Crippen molar-refractivity contribution in [1.29, 1.82) is 0 Å². The zero-order chi connectivity index (χ0) is 27.1. The summed E-state index contributed by atoms with van der Waals surface area (Å²) in [6, 6.07) is 2.16. The molecule has 1 saturated heterocycles. The second kappa shape index (κ2) is 9.61. The molecule has 198 valence electrons. The fourth-order valence-corrected chi connectivity index (χ4v) is 3.82. The van der Waals surface area contributed by atoms with Gasteiger partial charge in [0, 0.05) is 24.4 Å². The Balaban J connectivity index is 1.89. The highest BCUT2D eigenvalue weighted by molar-refractivity contribution is 5.94. The van der Waals surface area contributed by atoms with Crippen LogP contribution in [0.25, 0.3) is 16.9 Å². The van der Waals surface area contributed by atoms with E-state index in [9.17, 15) is 22.8 Å². The van der Waals surface area contributed by atoms with Crippen LogP contribution >= 0.6 is 0 Å². The van der Waals surface area contributed by atoms with Gasteiger partial charge in [0.25, 0.3) is 0 Å². The number of esters is 1. The fraction of sp³-hybridized carbons (Fsp3) is 0.458. The van der Waals surface area contributed by atoms with Crippen LogP contribution in [0.4, 0.5) is 24.8 Å². The van der Waals surface area contributed by atoms with E-state index in [1.54, 1.807) is 20.8 Å². The minimum absolute atomic E-state index is 0.132. The number of methoxy groups -OCH3 is 1. The van der Waals surface area contributed by atoms with Gasteiger partial charge in [0.05, 0.1) is 43.1 Å². The number of morpholine rings is 1. The fourth-order valence-electron chi connectivity index (χ4n) is 3.82. The first-order valence-corrected chi connectivity index (χ1v) is 11.5. The van der Waals surface area contributed by atoms with Crippen LogP contribution in [0, 0.1) is 5.41 Å². The van der Waals surface area contributed by atoms with E-state index in [0.717, 1.165) is 12.3 Å². The number of carbonyl (C=O) groups excluding carboxylic acids is 2. The van der Waals surface area contributed by atoms with E-state index < -0.39 is 29.0 Å². The molecule has 0 radical (unpaired) electrons. The Kier molecular flexibility index (Phi) is 6.84. The van der Waals surface area contributed by atoms with Crippen LogP contribution < -0.4 is 10.2 Å². The number of fused-ring (bicyclic) bond motifs is 1. The molecule has 0 bridgehead atoms. The van der Waals surface area contributed by atoms with Crippen molar-refractivity contribution in [1.82, 2.24) is 19.6 Å². The quantitative estimate of drug-likeness (QED) is 0.517. The maximum atomic E-state index is 14.2. The van der Waals surface area contributed by atoms with Gasteiger partial charge in [-0.1, -0.05) is 20.8 Å². The Hall–Kier alpha value is -3.74. The smallest absolute Gasteiger partial charge is 0.417 e. The van der Waals surface area contributed by atoms with Gasteiger partial charge in [-0.3, -0.25) is 4.79 Å². The maximum absolute atomic E-state index is 14.2. The summed E-state index contributed by atoms with van der Waals surface area (Å²) in [5.41, 5.74) is -1.67. The lowest BCUT2D eigenvalue weighted by Crippen LogP contribution is -2.44. The molecule has 13 heteroatoms. The predicted octanol–water partition coefficient (Wildman–Crippen LogP) is 3.81. The van der Waals surface area contributed by atoms with E-state index in [4.69, 9.17) is 9.47 Å². The zero-order valence-electron chi connectivity index (χ0n) is 21.0. The van der Waals surface area contributed by atoms with E-state index in [-0.39, 0.29) is 28.8 Å². The number of pyridine rings is 1. The monoisotopic (exact) mass is 520 g/mol. The number of amides is 1. The summed E-state index contributed by atoms with van der Waals surface area (Å²) >= 11 is 0. The first-order chi connectivity index (χ1) is 17.3. The van der Waals surface area contributed by atoms with Crippen LogP contribution in [0.2, 0.25) is 0 Å². The molecule has 4 rings (SSSR count). The number of nitrogens with one attached hydrogen (secondary N) is 1.